The molecule has 2 aliphatic rings. The van der Waals surface area contributed by atoms with Crippen LogP contribution in [0.25, 0.3) is 0 Å². The van der Waals surface area contributed by atoms with Crippen LogP contribution in [0.1, 0.15) is 39.5 Å². The fraction of sp³-hybridized carbons (Fsp3) is 0.917. The van der Waals surface area contributed by atoms with E-state index in [1.54, 1.807) is 0 Å². The first kappa shape index (κ1) is 12.2. The van der Waals surface area contributed by atoms with E-state index < -0.39 is 0 Å². The van der Waals surface area contributed by atoms with Crippen molar-refractivity contribution < 1.29 is 9.90 Å². The number of amides is 1. The molecule has 2 heterocycles. The zero-order valence-electron chi connectivity index (χ0n) is 9.95. The number of hydrogen-bond acceptors (Lipinski definition) is 2. The van der Waals surface area contributed by atoms with E-state index in [9.17, 15) is 9.90 Å². The second kappa shape index (κ2) is 4.19. The molecule has 3 atom stereocenters. The number of aliphatic hydroxyl groups excluding tert-OH is 1. The van der Waals surface area contributed by atoms with E-state index in [1.165, 1.54) is 0 Å². The lowest BCUT2D eigenvalue weighted by atomic mass is 9.82. The first-order chi connectivity index (χ1) is 7.43. The SMILES string of the molecule is CC(C)(Cl)C1CC(=O)N2C(CC[C@H]2CO)C1. The lowest BCUT2D eigenvalue weighted by Crippen LogP contribution is -2.50. The van der Waals surface area contributed by atoms with Crippen LogP contribution >= 0.6 is 11.6 Å². The van der Waals surface area contributed by atoms with Crippen molar-refractivity contribution in [2.45, 2.75) is 56.5 Å². The van der Waals surface area contributed by atoms with Gasteiger partial charge in [0.05, 0.1) is 12.6 Å². The van der Waals surface area contributed by atoms with Gasteiger partial charge in [0, 0.05) is 17.3 Å². The van der Waals surface area contributed by atoms with Gasteiger partial charge in [-0.15, -0.1) is 11.6 Å². The summed E-state index contributed by atoms with van der Waals surface area (Å²) in [5, 5.41) is 9.23. The normalized spacial score (nSPS) is 35.4. The van der Waals surface area contributed by atoms with E-state index in [2.05, 4.69) is 0 Å². The Bertz CT molecular complexity index is 287. The Kier molecular flexibility index (Phi) is 3.19. The summed E-state index contributed by atoms with van der Waals surface area (Å²) in [6, 6.07) is 0.360. The number of hydrogen-bond donors (Lipinski definition) is 1. The average Bonchev–Trinajstić information content (AvgIpc) is 2.59. The monoisotopic (exact) mass is 245 g/mol. The topological polar surface area (TPSA) is 40.5 Å². The van der Waals surface area contributed by atoms with Gasteiger partial charge in [0.15, 0.2) is 0 Å². The van der Waals surface area contributed by atoms with Crippen LogP contribution in [0.3, 0.4) is 0 Å². The molecule has 1 amide bonds. The Labute approximate surface area is 102 Å². The van der Waals surface area contributed by atoms with E-state index in [0.29, 0.717) is 12.5 Å². The highest BCUT2D eigenvalue weighted by molar-refractivity contribution is 6.23. The van der Waals surface area contributed by atoms with Crippen LogP contribution < -0.4 is 0 Å². The molecule has 2 unspecified atom stereocenters. The lowest BCUT2D eigenvalue weighted by molar-refractivity contribution is -0.140. The molecule has 3 nitrogen and oxygen atoms in total. The molecule has 0 bridgehead atoms. The number of carbonyl (C=O) groups is 1. The number of carbonyl (C=O) groups excluding carboxylic acids is 1. The summed E-state index contributed by atoms with van der Waals surface area (Å²) >= 11 is 6.32. The molecule has 16 heavy (non-hydrogen) atoms. The molecule has 0 aliphatic carbocycles. The summed E-state index contributed by atoms with van der Waals surface area (Å²) in [5.41, 5.74) is 0. The zero-order valence-corrected chi connectivity index (χ0v) is 10.7. The molecule has 2 fully saturated rings. The van der Waals surface area contributed by atoms with Crippen molar-refractivity contribution >= 4 is 17.5 Å². The fourth-order valence-corrected chi connectivity index (χ4v) is 3.20. The average molecular weight is 246 g/mol. The molecule has 2 aliphatic heterocycles. The third kappa shape index (κ3) is 2.07. The number of rotatable bonds is 2. The largest absolute Gasteiger partial charge is 0.394 e. The molecule has 2 rings (SSSR count). The van der Waals surface area contributed by atoms with Crippen molar-refractivity contribution in [2.24, 2.45) is 5.92 Å². The van der Waals surface area contributed by atoms with Crippen molar-refractivity contribution in [3.8, 4) is 0 Å². The maximum absolute atomic E-state index is 12.1. The highest BCUT2D eigenvalue weighted by Gasteiger charge is 2.45. The molecule has 0 aromatic heterocycles. The minimum atomic E-state index is -0.306. The van der Waals surface area contributed by atoms with E-state index in [4.69, 9.17) is 11.6 Å². The molecule has 0 radical (unpaired) electrons. The highest BCUT2D eigenvalue weighted by atomic mass is 35.5. The van der Waals surface area contributed by atoms with E-state index in [-0.39, 0.29) is 29.3 Å². The van der Waals surface area contributed by atoms with Gasteiger partial charge in [-0.2, -0.15) is 0 Å². The van der Waals surface area contributed by atoms with Gasteiger partial charge in [0.25, 0.3) is 0 Å². The Balaban J connectivity index is 2.11. The summed E-state index contributed by atoms with van der Waals surface area (Å²) in [6.07, 6.45) is 3.46. The zero-order chi connectivity index (χ0) is 11.9. The van der Waals surface area contributed by atoms with Gasteiger partial charge < -0.3 is 10.0 Å². The van der Waals surface area contributed by atoms with Crippen molar-refractivity contribution in [1.82, 2.24) is 4.90 Å². The maximum atomic E-state index is 12.1. The van der Waals surface area contributed by atoms with Crippen LogP contribution in [-0.4, -0.2) is 39.5 Å². The number of alkyl halides is 1. The van der Waals surface area contributed by atoms with Gasteiger partial charge in [0.1, 0.15) is 0 Å². The van der Waals surface area contributed by atoms with Crippen molar-refractivity contribution in [2.75, 3.05) is 6.61 Å². The van der Waals surface area contributed by atoms with Crippen LogP contribution in [0, 0.1) is 5.92 Å². The predicted octanol–water partition coefficient (Wildman–Crippen LogP) is 1.77. The van der Waals surface area contributed by atoms with Crippen LogP contribution in [0.15, 0.2) is 0 Å². The summed E-state index contributed by atoms with van der Waals surface area (Å²) < 4.78 is 0. The van der Waals surface area contributed by atoms with Crippen LogP contribution in [-0.2, 0) is 4.79 Å². The molecule has 0 aromatic carbocycles. The number of piperidine rings is 1. The molecular weight excluding hydrogens is 226 g/mol. The van der Waals surface area contributed by atoms with E-state index in [0.717, 1.165) is 19.3 Å². The summed E-state index contributed by atoms with van der Waals surface area (Å²) in [7, 11) is 0. The highest BCUT2D eigenvalue weighted by Crippen LogP contribution is 2.41. The second-order valence-corrected chi connectivity index (χ2v) is 6.54. The number of nitrogens with zero attached hydrogens (tertiary/aromatic N) is 1. The van der Waals surface area contributed by atoms with Crippen molar-refractivity contribution in [3.63, 3.8) is 0 Å². The van der Waals surface area contributed by atoms with Crippen molar-refractivity contribution in [1.29, 1.82) is 0 Å². The third-order valence-corrected chi connectivity index (χ3v) is 4.38. The molecule has 2 saturated heterocycles. The Morgan fingerprint density at radius 3 is 2.75 bits per heavy atom. The summed E-state index contributed by atoms with van der Waals surface area (Å²) in [4.78, 5) is 13.7. The Morgan fingerprint density at radius 1 is 1.50 bits per heavy atom. The van der Waals surface area contributed by atoms with Gasteiger partial charge in [-0.3, -0.25) is 4.79 Å². The smallest absolute Gasteiger partial charge is 0.223 e. The molecular formula is C12H20ClNO2. The molecule has 4 heteroatoms. The molecule has 0 saturated carbocycles. The van der Waals surface area contributed by atoms with E-state index >= 15 is 0 Å². The number of fused-ring (bicyclic) bond motifs is 1. The minimum Gasteiger partial charge on any atom is -0.394 e. The van der Waals surface area contributed by atoms with E-state index in [1.807, 2.05) is 18.7 Å². The summed E-state index contributed by atoms with van der Waals surface area (Å²) in [5.74, 6) is 0.437. The Morgan fingerprint density at radius 2 is 2.19 bits per heavy atom. The Hall–Kier alpha value is -0.280. The lowest BCUT2D eigenvalue weighted by Gasteiger charge is -2.41. The first-order valence-corrected chi connectivity index (χ1v) is 6.42. The summed E-state index contributed by atoms with van der Waals surface area (Å²) in [6.45, 7) is 4.07. The van der Waals surface area contributed by atoms with Gasteiger partial charge in [0.2, 0.25) is 5.91 Å². The van der Waals surface area contributed by atoms with Crippen LogP contribution in [0.2, 0.25) is 0 Å². The first-order valence-electron chi connectivity index (χ1n) is 6.04. The quantitative estimate of drug-likeness (QED) is 0.754. The maximum Gasteiger partial charge on any atom is 0.223 e. The van der Waals surface area contributed by atoms with Crippen LogP contribution in [0.4, 0.5) is 0 Å². The molecule has 1 N–H and O–H groups in total. The molecule has 92 valence electrons. The minimum absolute atomic E-state index is 0.0527. The van der Waals surface area contributed by atoms with Gasteiger partial charge in [-0.05, 0) is 39.0 Å². The molecule has 0 aromatic rings. The van der Waals surface area contributed by atoms with Gasteiger partial charge in [-0.25, -0.2) is 0 Å². The second-order valence-electron chi connectivity index (χ2n) is 5.57. The van der Waals surface area contributed by atoms with Gasteiger partial charge in [-0.1, -0.05) is 0 Å². The molecule has 0 spiro atoms. The van der Waals surface area contributed by atoms with Gasteiger partial charge >= 0.3 is 0 Å². The third-order valence-electron chi connectivity index (χ3n) is 4.07. The predicted molar refractivity (Wildman–Crippen MR) is 63.4 cm³/mol. The number of halogens is 1. The standard InChI is InChI=1S/C12H20ClNO2/c1-12(2,13)8-5-9-3-4-10(7-15)14(9)11(16)6-8/h8-10,15H,3-7H2,1-2H3/t8?,9?,10-/m0/s1. The fourth-order valence-electron chi connectivity index (χ4n) is 3.03. The number of aliphatic hydroxyl groups is 1. The van der Waals surface area contributed by atoms with Crippen LogP contribution in [0.5, 0.6) is 0 Å². The van der Waals surface area contributed by atoms with Crippen molar-refractivity contribution in [3.05, 3.63) is 0 Å².